The normalized spacial score (nSPS) is 27.6. The van der Waals surface area contributed by atoms with Gasteiger partial charge < -0.3 is 0 Å². The molecular weight excluding hydrogens is 274 g/mol. The van der Waals surface area contributed by atoms with Crippen molar-refractivity contribution in [3.63, 3.8) is 0 Å². The Balaban J connectivity index is 1.83. The van der Waals surface area contributed by atoms with Gasteiger partial charge in [-0.05, 0) is 37.3 Å². The van der Waals surface area contributed by atoms with Crippen LogP contribution < -0.4 is 0 Å². The van der Waals surface area contributed by atoms with E-state index in [4.69, 9.17) is 0 Å². The van der Waals surface area contributed by atoms with Crippen molar-refractivity contribution in [1.29, 1.82) is 0 Å². The number of ketones is 1. The Kier molecular flexibility index (Phi) is 3.42. The van der Waals surface area contributed by atoms with Crippen LogP contribution in [0.4, 0.5) is 0 Å². The van der Waals surface area contributed by atoms with Crippen molar-refractivity contribution in [2.75, 3.05) is 13.1 Å². The Morgan fingerprint density at radius 1 is 1.10 bits per heavy atom. The van der Waals surface area contributed by atoms with E-state index in [1.165, 1.54) is 0 Å². The van der Waals surface area contributed by atoms with Crippen LogP contribution in [0.25, 0.3) is 0 Å². The summed E-state index contributed by atoms with van der Waals surface area (Å²) in [5.41, 5.74) is 1.05. The number of nitrogens with zero attached hydrogens (tertiary/aromatic N) is 1. The second-order valence-corrected chi connectivity index (χ2v) is 7.87. The summed E-state index contributed by atoms with van der Waals surface area (Å²) in [5.74, 6) is 0.852. The lowest BCUT2D eigenvalue weighted by Crippen LogP contribution is -2.29. The first-order valence-corrected chi connectivity index (χ1v) is 8.49. The van der Waals surface area contributed by atoms with Gasteiger partial charge in [-0.2, -0.15) is 4.31 Å². The van der Waals surface area contributed by atoms with Gasteiger partial charge in [0.05, 0.1) is 4.90 Å². The molecule has 2 fully saturated rings. The van der Waals surface area contributed by atoms with Gasteiger partial charge in [0.1, 0.15) is 5.78 Å². The van der Waals surface area contributed by atoms with Crippen molar-refractivity contribution in [3.05, 3.63) is 29.8 Å². The molecule has 0 aromatic heterocycles. The zero-order valence-electron chi connectivity index (χ0n) is 11.6. The predicted octanol–water partition coefficient (Wildman–Crippen LogP) is 1.98. The summed E-state index contributed by atoms with van der Waals surface area (Å²) in [4.78, 5) is 11.9. The quantitative estimate of drug-likeness (QED) is 0.838. The summed E-state index contributed by atoms with van der Waals surface area (Å²) < 4.78 is 26.8. The highest BCUT2D eigenvalue weighted by Gasteiger charge is 2.41. The second kappa shape index (κ2) is 4.97. The number of benzene rings is 1. The molecule has 0 N–H and O–H groups in total. The molecule has 0 amide bonds. The van der Waals surface area contributed by atoms with Gasteiger partial charge in [-0.1, -0.05) is 17.7 Å². The molecule has 3 rings (SSSR count). The molecule has 1 saturated carbocycles. The third kappa shape index (κ3) is 2.40. The smallest absolute Gasteiger partial charge is 0.243 e. The summed E-state index contributed by atoms with van der Waals surface area (Å²) in [6.45, 7) is 2.99. The summed E-state index contributed by atoms with van der Waals surface area (Å²) in [5, 5.41) is 0. The maximum absolute atomic E-state index is 12.6. The Morgan fingerprint density at radius 3 is 2.45 bits per heavy atom. The molecule has 1 saturated heterocycles. The number of Topliss-reactive ketones (excluding diaryl/α,β-unsaturated/α-hetero) is 1. The molecule has 1 heterocycles. The SMILES string of the molecule is Cc1ccc(S(=O)(=O)N2C[C@H]3CCC(=O)C[C@@H]3C2)cc1. The zero-order chi connectivity index (χ0) is 14.3. The molecule has 1 aromatic rings. The molecule has 0 unspecified atom stereocenters. The molecule has 108 valence electrons. The molecule has 0 spiro atoms. The lowest BCUT2D eigenvalue weighted by atomic mass is 9.81. The third-order valence-corrected chi connectivity index (χ3v) is 6.33. The molecule has 4 nitrogen and oxygen atoms in total. The lowest BCUT2D eigenvalue weighted by molar-refractivity contribution is -0.122. The minimum absolute atomic E-state index is 0.219. The highest BCUT2D eigenvalue weighted by molar-refractivity contribution is 7.89. The van der Waals surface area contributed by atoms with Gasteiger partial charge in [-0.25, -0.2) is 8.42 Å². The van der Waals surface area contributed by atoms with E-state index in [0.717, 1.165) is 12.0 Å². The minimum Gasteiger partial charge on any atom is -0.300 e. The number of rotatable bonds is 2. The van der Waals surface area contributed by atoms with E-state index in [1.54, 1.807) is 16.4 Å². The van der Waals surface area contributed by atoms with Gasteiger partial charge >= 0.3 is 0 Å². The summed E-state index contributed by atoms with van der Waals surface area (Å²) >= 11 is 0. The number of sulfonamides is 1. The third-order valence-electron chi connectivity index (χ3n) is 4.49. The standard InChI is InChI=1S/C15H19NO3S/c1-11-2-6-15(7-3-11)20(18,19)16-9-12-4-5-14(17)8-13(12)10-16/h2-3,6-7,12-13H,4-5,8-10H2,1H3/t12-,13-/m1/s1. The van der Waals surface area contributed by atoms with Gasteiger partial charge in [-0.15, -0.1) is 0 Å². The van der Waals surface area contributed by atoms with Crippen molar-refractivity contribution in [3.8, 4) is 0 Å². The van der Waals surface area contributed by atoms with Crippen molar-refractivity contribution in [2.24, 2.45) is 11.8 Å². The Labute approximate surface area is 119 Å². The number of carbonyl (C=O) groups excluding carboxylic acids is 1. The van der Waals surface area contributed by atoms with Crippen LogP contribution in [0.15, 0.2) is 29.2 Å². The predicted molar refractivity (Wildman–Crippen MR) is 75.8 cm³/mol. The molecular formula is C15H19NO3S. The van der Waals surface area contributed by atoms with Crippen LogP contribution in [0.1, 0.15) is 24.8 Å². The fourth-order valence-electron chi connectivity index (χ4n) is 3.25. The molecule has 1 aliphatic heterocycles. The van der Waals surface area contributed by atoms with Crippen LogP contribution in [-0.4, -0.2) is 31.6 Å². The van der Waals surface area contributed by atoms with Crippen molar-refractivity contribution in [2.45, 2.75) is 31.1 Å². The fraction of sp³-hybridized carbons (Fsp3) is 0.533. The fourth-order valence-corrected chi connectivity index (χ4v) is 4.80. The van der Waals surface area contributed by atoms with E-state index in [1.807, 2.05) is 19.1 Å². The van der Waals surface area contributed by atoms with Crippen molar-refractivity contribution in [1.82, 2.24) is 4.31 Å². The van der Waals surface area contributed by atoms with E-state index in [-0.39, 0.29) is 11.7 Å². The van der Waals surface area contributed by atoms with Gasteiger partial charge in [0, 0.05) is 25.9 Å². The number of hydrogen-bond acceptors (Lipinski definition) is 3. The molecule has 5 heteroatoms. The topological polar surface area (TPSA) is 54.5 Å². The number of aryl methyl sites for hydroxylation is 1. The van der Waals surface area contributed by atoms with Crippen molar-refractivity contribution < 1.29 is 13.2 Å². The lowest BCUT2D eigenvalue weighted by Gasteiger charge is -2.22. The van der Waals surface area contributed by atoms with Crippen LogP contribution in [0, 0.1) is 18.8 Å². The number of fused-ring (bicyclic) bond motifs is 1. The molecule has 1 aromatic carbocycles. The average Bonchev–Trinajstić information content (AvgIpc) is 2.83. The number of carbonyl (C=O) groups is 1. The molecule has 2 atom stereocenters. The van der Waals surface area contributed by atoms with Crippen LogP contribution in [0.3, 0.4) is 0 Å². The summed E-state index contributed by atoms with van der Waals surface area (Å²) in [6.07, 6.45) is 1.99. The summed E-state index contributed by atoms with van der Waals surface area (Å²) in [7, 11) is -3.41. The summed E-state index contributed by atoms with van der Waals surface area (Å²) in [6, 6.07) is 6.97. The minimum atomic E-state index is -3.41. The van der Waals surface area contributed by atoms with Crippen LogP contribution in [0.5, 0.6) is 0 Å². The molecule has 0 bridgehead atoms. The van der Waals surface area contributed by atoms with E-state index < -0.39 is 10.0 Å². The van der Waals surface area contributed by atoms with Crippen LogP contribution in [0.2, 0.25) is 0 Å². The van der Waals surface area contributed by atoms with Crippen LogP contribution in [-0.2, 0) is 14.8 Å². The van der Waals surface area contributed by atoms with Crippen LogP contribution >= 0.6 is 0 Å². The average molecular weight is 293 g/mol. The van der Waals surface area contributed by atoms with E-state index in [9.17, 15) is 13.2 Å². The highest BCUT2D eigenvalue weighted by atomic mass is 32.2. The molecule has 2 aliphatic rings. The van der Waals surface area contributed by atoms with Gasteiger partial charge in [0.2, 0.25) is 10.0 Å². The Bertz CT molecular complexity index is 621. The first-order valence-electron chi connectivity index (χ1n) is 7.05. The monoisotopic (exact) mass is 293 g/mol. The van der Waals surface area contributed by atoms with Gasteiger partial charge in [-0.3, -0.25) is 4.79 Å². The maximum atomic E-state index is 12.6. The number of hydrogen-bond donors (Lipinski definition) is 0. The largest absolute Gasteiger partial charge is 0.300 e. The molecule has 1 aliphatic carbocycles. The van der Waals surface area contributed by atoms with Crippen molar-refractivity contribution >= 4 is 15.8 Å². The Morgan fingerprint density at radius 2 is 1.75 bits per heavy atom. The molecule has 20 heavy (non-hydrogen) atoms. The van der Waals surface area contributed by atoms with E-state index in [0.29, 0.717) is 36.7 Å². The highest BCUT2D eigenvalue weighted by Crippen LogP contribution is 2.37. The van der Waals surface area contributed by atoms with Gasteiger partial charge in [0.25, 0.3) is 0 Å². The first kappa shape index (κ1) is 13.8. The van der Waals surface area contributed by atoms with E-state index in [2.05, 4.69) is 0 Å². The van der Waals surface area contributed by atoms with E-state index >= 15 is 0 Å². The first-order chi connectivity index (χ1) is 9.46. The molecule has 0 radical (unpaired) electrons. The maximum Gasteiger partial charge on any atom is 0.243 e. The zero-order valence-corrected chi connectivity index (χ0v) is 12.4. The second-order valence-electron chi connectivity index (χ2n) is 5.94. The Hall–Kier alpha value is -1.20. The van der Waals surface area contributed by atoms with Gasteiger partial charge in [0.15, 0.2) is 0 Å².